The monoisotopic (exact) mass is 284 g/mol. The summed E-state index contributed by atoms with van der Waals surface area (Å²) >= 11 is 1.94. The summed E-state index contributed by atoms with van der Waals surface area (Å²) in [4.78, 5) is 1.40. The molecule has 1 aliphatic heterocycles. The highest BCUT2D eigenvalue weighted by Gasteiger charge is 2.29. The Labute approximate surface area is 124 Å². The number of hydrogen-bond donors (Lipinski definition) is 2. The summed E-state index contributed by atoms with van der Waals surface area (Å²) in [6.45, 7) is 2.12. The first-order chi connectivity index (χ1) is 9.78. The second kappa shape index (κ2) is 6.00. The van der Waals surface area contributed by atoms with E-state index in [1.165, 1.54) is 21.6 Å². The van der Waals surface area contributed by atoms with E-state index in [0.717, 1.165) is 12.2 Å². The molecule has 2 atom stereocenters. The lowest BCUT2D eigenvalue weighted by atomic mass is 9.89. The molecule has 3 heteroatoms. The van der Waals surface area contributed by atoms with E-state index >= 15 is 0 Å². The summed E-state index contributed by atoms with van der Waals surface area (Å²) in [5.41, 5.74) is 7.11. The normalized spacial score (nSPS) is 18.8. The highest BCUT2D eigenvalue weighted by molar-refractivity contribution is 7.99. The summed E-state index contributed by atoms with van der Waals surface area (Å²) < 4.78 is 0. The van der Waals surface area contributed by atoms with Crippen molar-refractivity contribution in [3.63, 3.8) is 0 Å². The van der Waals surface area contributed by atoms with Gasteiger partial charge in [-0.15, -0.1) is 11.8 Å². The summed E-state index contributed by atoms with van der Waals surface area (Å²) in [5.74, 6) is 7.43. The first-order valence-corrected chi connectivity index (χ1v) is 8.00. The van der Waals surface area contributed by atoms with Crippen LogP contribution >= 0.6 is 11.8 Å². The molecule has 0 amide bonds. The molecule has 2 unspecified atom stereocenters. The van der Waals surface area contributed by atoms with Crippen molar-refractivity contribution >= 4 is 11.8 Å². The zero-order valence-corrected chi connectivity index (χ0v) is 12.5. The second-order valence-electron chi connectivity index (χ2n) is 5.42. The first-order valence-electron chi connectivity index (χ1n) is 7.01. The Bertz CT molecular complexity index is 580. The maximum Gasteiger partial charge on any atom is 0.0327 e. The van der Waals surface area contributed by atoms with Crippen LogP contribution in [0, 0.1) is 6.92 Å². The molecule has 0 bridgehead atoms. The van der Waals surface area contributed by atoms with Gasteiger partial charge in [-0.1, -0.05) is 48.0 Å². The molecule has 0 aliphatic carbocycles. The van der Waals surface area contributed by atoms with E-state index in [-0.39, 0.29) is 6.04 Å². The van der Waals surface area contributed by atoms with Gasteiger partial charge < -0.3 is 0 Å². The largest absolute Gasteiger partial charge is 0.271 e. The molecule has 1 heterocycles. The van der Waals surface area contributed by atoms with E-state index in [1.807, 2.05) is 11.8 Å². The Kier molecular flexibility index (Phi) is 4.10. The van der Waals surface area contributed by atoms with E-state index in [4.69, 9.17) is 5.84 Å². The lowest BCUT2D eigenvalue weighted by Gasteiger charge is -2.23. The molecule has 0 fully saturated rings. The number of benzene rings is 2. The zero-order chi connectivity index (χ0) is 13.9. The predicted molar refractivity (Wildman–Crippen MR) is 85.9 cm³/mol. The van der Waals surface area contributed by atoms with Crippen LogP contribution in [-0.4, -0.2) is 11.8 Å². The Balaban J connectivity index is 1.79. The van der Waals surface area contributed by atoms with Crippen LogP contribution in [0.3, 0.4) is 0 Å². The quantitative estimate of drug-likeness (QED) is 0.668. The van der Waals surface area contributed by atoms with E-state index in [0.29, 0.717) is 5.92 Å². The summed E-state index contributed by atoms with van der Waals surface area (Å²) in [7, 11) is 0. The maximum absolute atomic E-state index is 5.83. The van der Waals surface area contributed by atoms with Gasteiger partial charge in [-0.05, 0) is 30.5 Å². The van der Waals surface area contributed by atoms with E-state index in [1.54, 1.807) is 0 Å². The molecule has 104 valence electrons. The topological polar surface area (TPSA) is 38.0 Å². The van der Waals surface area contributed by atoms with Gasteiger partial charge >= 0.3 is 0 Å². The molecule has 1 aliphatic rings. The standard InChI is InChI=1S/C17H20N2S/c1-12-6-8-13(9-7-12)10-16(19-18)15-11-20-17-5-3-2-4-14(15)17/h2-9,15-16,19H,10-11,18H2,1H3. The Morgan fingerprint density at radius 3 is 2.70 bits per heavy atom. The van der Waals surface area contributed by atoms with Gasteiger partial charge in [-0.2, -0.15) is 0 Å². The number of rotatable bonds is 4. The van der Waals surface area contributed by atoms with Crippen molar-refractivity contribution in [3.05, 3.63) is 65.2 Å². The Morgan fingerprint density at radius 1 is 1.20 bits per heavy atom. The van der Waals surface area contributed by atoms with Gasteiger partial charge in [-0.25, -0.2) is 0 Å². The molecule has 2 aromatic rings. The Hall–Kier alpha value is -1.29. The van der Waals surface area contributed by atoms with Crippen LogP contribution in [0.25, 0.3) is 0 Å². The van der Waals surface area contributed by atoms with Crippen molar-refractivity contribution in [2.75, 3.05) is 5.75 Å². The fraction of sp³-hybridized carbons (Fsp3) is 0.294. The van der Waals surface area contributed by atoms with Crippen molar-refractivity contribution in [1.29, 1.82) is 0 Å². The van der Waals surface area contributed by atoms with Crippen molar-refractivity contribution in [2.24, 2.45) is 5.84 Å². The van der Waals surface area contributed by atoms with E-state index < -0.39 is 0 Å². The lowest BCUT2D eigenvalue weighted by Crippen LogP contribution is -2.41. The van der Waals surface area contributed by atoms with Gasteiger partial charge in [0.2, 0.25) is 0 Å². The van der Waals surface area contributed by atoms with Crippen molar-refractivity contribution in [3.8, 4) is 0 Å². The maximum atomic E-state index is 5.83. The number of hydrazine groups is 1. The summed E-state index contributed by atoms with van der Waals surface area (Å²) in [6.07, 6.45) is 0.969. The summed E-state index contributed by atoms with van der Waals surface area (Å²) in [5, 5.41) is 0. The smallest absolute Gasteiger partial charge is 0.0327 e. The van der Waals surface area contributed by atoms with Gasteiger partial charge in [0.25, 0.3) is 0 Å². The third kappa shape index (κ3) is 2.75. The minimum atomic E-state index is 0.286. The molecule has 20 heavy (non-hydrogen) atoms. The molecule has 0 radical (unpaired) electrons. The van der Waals surface area contributed by atoms with Crippen molar-refractivity contribution < 1.29 is 0 Å². The molecule has 0 saturated heterocycles. The minimum Gasteiger partial charge on any atom is -0.271 e. The van der Waals surface area contributed by atoms with Gasteiger partial charge in [0.05, 0.1) is 0 Å². The van der Waals surface area contributed by atoms with Crippen LogP contribution in [0.1, 0.15) is 22.6 Å². The van der Waals surface area contributed by atoms with Crippen LogP contribution in [0.2, 0.25) is 0 Å². The highest BCUT2D eigenvalue weighted by Crippen LogP contribution is 2.41. The SMILES string of the molecule is Cc1ccc(CC(NN)C2CSc3ccccc32)cc1. The van der Waals surface area contributed by atoms with Gasteiger partial charge in [0.15, 0.2) is 0 Å². The average Bonchev–Trinajstić information content (AvgIpc) is 2.91. The van der Waals surface area contributed by atoms with Gasteiger partial charge in [0.1, 0.15) is 0 Å². The number of fused-ring (bicyclic) bond motifs is 1. The third-order valence-electron chi connectivity index (χ3n) is 4.01. The molecule has 0 aromatic heterocycles. The number of nitrogens with one attached hydrogen (secondary N) is 1. The number of aryl methyl sites for hydroxylation is 1. The van der Waals surface area contributed by atoms with Crippen molar-refractivity contribution in [1.82, 2.24) is 5.43 Å². The van der Waals surface area contributed by atoms with Crippen LogP contribution in [-0.2, 0) is 6.42 Å². The number of thioether (sulfide) groups is 1. The zero-order valence-electron chi connectivity index (χ0n) is 11.7. The van der Waals surface area contributed by atoms with E-state index in [2.05, 4.69) is 60.9 Å². The van der Waals surface area contributed by atoms with Crippen LogP contribution in [0.5, 0.6) is 0 Å². The van der Waals surface area contributed by atoms with Crippen LogP contribution in [0.15, 0.2) is 53.4 Å². The average molecular weight is 284 g/mol. The fourth-order valence-electron chi connectivity index (χ4n) is 2.82. The molecule has 2 nitrogen and oxygen atoms in total. The fourth-order valence-corrected chi connectivity index (χ4v) is 4.15. The van der Waals surface area contributed by atoms with Crippen LogP contribution < -0.4 is 11.3 Å². The third-order valence-corrected chi connectivity index (χ3v) is 5.22. The van der Waals surface area contributed by atoms with Gasteiger partial charge in [0, 0.05) is 22.6 Å². The molecular formula is C17H20N2S. The molecule has 0 saturated carbocycles. The lowest BCUT2D eigenvalue weighted by molar-refractivity contribution is 0.463. The van der Waals surface area contributed by atoms with Crippen molar-refractivity contribution in [2.45, 2.75) is 30.2 Å². The molecule has 2 aromatic carbocycles. The molecule has 3 N–H and O–H groups in total. The molecular weight excluding hydrogens is 264 g/mol. The highest BCUT2D eigenvalue weighted by atomic mass is 32.2. The van der Waals surface area contributed by atoms with Crippen LogP contribution in [0.4, 0.5) is 0 Å². The summed E-state index contributed by atoms with van der Waals surface area (Å²) in [6, 6.07) is 17.7. The number of nitrogens with two attached hydrogens (primary N) is 1. The molecule has 0 spiro atoms. The Morgan fingerprint density at radius 2 is 1.95 bits per heavy atom. The number of hydrogen-bond acceptors (Lipinski definition) is 3. The van der Waals surface area contributed by atoms with E-state index in [9.17, 15) is 0 Å². The molecule has 3 rings (SSSR count). The second-order valence-corrected chi connectivity index (χ2v) is 6.48. The first kappa shape index (κ1) is 13.7. The predicted octanol–water partition coefficient (Wildman–Crippen LogP) is 3.26. The van der Waals surface area contributed by atoms with Gasteiger partial charge in [-0.3, -0.25) is 11.3 Å². The minimum absolute atomic E-state index is 0.286.